The lowest BCUT2D eigenvalue weighted by Crippen LogP contribution is -2.41. The monoisotopic (exact) mass is 417 g/mol. The van der Waals surface area contributed by atoms with Crippen LogP contribution < -0.4 is 4.74 Å². The zero-order chi connectivity index (χ0) is 20.9. The molecule has 1 aliphatic heterocycles. The van der Waals surface area contributed by atoms with Crippen molar-refractivity contribution in [3.05, 3.63) is 54.4 Å². The van der Waals surface area contributed by atoms with Crippen LogP contribution in [0.4, 0.5) is 0 Å². The van der Waals surface area contributed by atoms with E-state index in [4.69, 9.17) is 4.74 Å². The molecule has 8 heteroatoms. The number of aromatic nitrogens is 1. The first kappa shape index (κ1) is 21.3. The Labute approximate surface area is 172 Å². The van der Waals surface area contributed by atoms with Crippen LogP contribution in [0.2, 0.25) is 0 Å². The standard InChI is InChI=1S/C21H27N3O4S/c1-3-24(4-2)29(26,27)20-9-7-17(8-10-20)21(25)23-14-11-18(12-15-23)28-19-6-5-13-22-16-19/h5-10,13,16,18H,3-4,11-12,14-15H2,1-2H3. The van der Waals surface area contributed by atoms with Crippen LogP contribution in [0.3, 0.4) is 0 Å². The summed E-state index contributed by atoms with van der Waals surface area (Å²) in [6.07, 6.45) is 4.94. The van der Waals surface area contributed by atoms with Crippen LogP contribution in [0.25, 0.3) is 0 Å². The first-order chi connectivity index (χ1) is 14.0. The second-order valence-corrected chi connectivity index (χ2v) is 8.85. The molecule has 1 aromatic heterocycles. The summed E-state index contributed by atoms with van der Waals surface area (Å²) in [4.78, 5) is 18.8. The van der Waals surface area contributed by atoms with Crippen LogP contribution >= 0.6 is 0 Å². The van der Waals surface area contributed by atoms with Crippen molar-refractivity contribution in [2.75, 3.05) is 26.2 Å². The molecule has 1 saturated heterocycles. The van der Waals surface area contributed by atoms with E-state index in [1.54, 1.807) is 43.3 Å². The third-order valence-corrected chi connectivity index (χ3v) is 7.17. The van der Waals surface area contributed by atoms with E-state index in [9.17, 15) is 13.2 Å². The molecule has 1 aromatic carbocycles. The largest absolute Gasteiger partial charge is 0.489 e. The number of piperidine rings is 1. The molecule has 0 saturated carbocycles. The van der Waals surface area contributed by atoms with Gasteiger partial charge in [-0.1, -0.05) is 13.8 Å². The number of hydrogen-bond acceptors (Lipinski definition) is 5. The quantitative estimate of drug-likeness (QED) is 0.692. The van der Waals surface area contributed by atoms with Gasteiger partial charge in [-0.15, -0.1) is 0 Å². The van der Waals surface area contributed by atoms with E-state index in [-0.39, 0.29) is 16.9 Å². The number of nitrogens with zero attached hydrogens (tertiary/aromatic N) is 3. The van der Waals surface area contributed by atoms with Crippen LogP contribution in [-0.2, 0) is 10.0 Å². The summed E-state index contributed by atoms with van der Waals surface area (Å²) in [6.45, 7) is 5.64. The van der Waals surface area contributed by atoms with Gasteiger partial charge in [-0.3, -0.25) is 9.78 Å². The summed E-state index contributed by atoms with van der Waals surface area (Å²) < 4.78 is 32.5. The van der Waals surface area contributed by atoms with Crippen molar-refractivity contribution in [3.8, 4) is 5.75 Å². The fourth-order valence-electron chi connectivity index (χ4n) is 3.45. The number of benzene rings is 1. The maximum atomic E-state index is 12.8. The highest BCUT2D eigenvalue weighted by Crippen LogP contribution is 2.21. The van der Waals surface area contributed by atoms with Crippen molar-refractivity contribution in [2.45, 2.75) is 37.7 Å². The third-order valence-electron chi connectivity index (χ3n) is 5.11. The number of amides is 1. The molecule has 2 aromatic rings. The normalized spacial score (nSPS) is 15.5. The van der Waals surface area contributed by atoms with Crippen LogP contribution in [0.1, 0.15) is 37.0 Å². The topological polar surface area (TPSA) is 79.8 Å². The van der Waals surface area contributed by atoms with Crippen molar-refractivity contribution < 1.29 is 17.9 Å². The maximum absolute atomic E-state index is 12.8. The van der Waals surface area contributed by atoms with Crippen LogP contribution in [-0.4, -0.2) is 60.8 Å². The molecule has 7 nitrogen and oxygen atoms in total. The van der Waals surface area contributed by atoms with E-state index < -0.39 is 10.0 Å². The Balaban J connectivity index is 1.60. The molecule has 0 bridgehead atoms. The SMILES string of the molecule is CCN(CC)S(=O)(=O)c1ccc(C(=O)N2CCC(Oc3cccnc3)CC2)cc1. The van der Waals surface area contributed by atoms with Gasteiger partial charge in [-0.25, -0.2) is 8.42 Å². The van der Waals surface area contributed by atoms with Gasteiger partial charge < -0.3 is 9.64 Å². The van der Waals surface area contributed by atoms with Crippen LogP contribution in [0.15, 0.2) is 53.7 Å². The Morgan fingerprint density at radius 1 is 1.14 bits per heavy atom. The van der Waals surface area contributed by atoms with Gasteiger partial charge in [-0.05, 0) is 36.4 Å². The minimum Gasteiger partial charge on any atom is -0.489 e. The van der Waals surface area contributed by atoms with Gasteiger partial charge in [0.1, 0.15) is 11.9 Å². The minimum absolute atomic E-state index is 0.0600. The minimum atomic E-state index is -3.52. The number of carbonyl (C=O) groups is 1. The summed E-state index contributed by atoms with van der Waals surface area (Å²) in [5.41, 5.74) is 0.495. The molecule has 29 heavy (non-hydrogen) atoms. The van der Waals surface area contributed by atoms with Crippen LogP contribution in [0, 0.1) is 0 Å². The Morgan fingerprint density at radius 2 is 1.79 bits per heavy atom. The molecule has 1 amide bonds. The first-order valence-corrected chi connectivity index (χ1v) is 11.4. The molecular formula is C21H27N3O4S. The Bertz CT molecular complexity index is 905. The molecular weight excluding hydrogens is 390 g/mol. The molecule has 0 atom stereocenters. The van der Waals surface area contributed by atoms with Gasteiger partial charge in [-0.2, -0.15) is 4.31 Å². The fourth-order valence-corrected chi connectivity index (χ4v) is 4.91. The second-order valence-electron chi connectivity index (χ2n) is 6.91. The lowest BCUT2D eigenvalue weighted by Gasteiger charge is -2.32. The van der Waals surface area contributed by atoms with Crippen molar-refractivity contribution in [2.24, 2.45) is 0 Å². The summed E-state index contributed by atoms with van der Waals surface area (Å²) in [6, 6.07) is 9.92. The number of hydrogen-bond donors (Lipinski definition) is 0. The van der Waals surface area contributed by atoms with Crippen molar-refractivity contribution >= 4 is 15.9 Å². The molecule has 0 aliphatic carbocycles. The molecule has 0 spiro atoms. The molecule has 1 fully saturated rings. The Kier molecular flexibility index (Phi) is 6.87. The first-order valence-electron chi connectivity index (χ1n) is 9.91. The van der Waals surface area contributed by atoms with Crippen molar-refractivity contribution in [1.29, 1.82) is 0 Å². The molecule has 156 valence electrons. The number of pyridine rings is 1. The van der Waals surface area contributed by atoms with Gasteiger partial charge in [0.25, 0.3) is 5.91 Å². The highest BCUT2D eigenvalue weighted by atomic mass is 32.2. The molecule has 0 radical (unpaired) electrons. The van der Waals surface area contributed by atoms with E-state index in [0.717, 1.165) is 18.6 Å². The summed E-state index contributed by atoms with van der Waals surface area (Å²) in [5, 5.41) is 0. The number of sulfonamides is 1. The van der Waals surface area contributed by atoms with Crippen molar-refractivity contribution in [3.63, 3.8) is 0 Å². The zero-order valence-corrected chi connectivity index (χ0v) is 17.6. The lowest BCUT2D eigenvalue weighted by atomic mass is 10.1. The van der Waals surface area contributed by atoms with Gasteiger partial charge in [0.15, 0.2) is 0 Å². The Hall–Kier alpha value is -2.45. The van der Waals surface area contributed by atoms with E-state index in [1.165, 1.54) is 16.4 Å². The highest BCUT2D eigenvalue weighted by Gasteiger charge is 2.26. The zero-order valence-electron chi connectivity index (χ0n) is 16.8. The van der Waals surface area contributed by atoms with Gasteiger partial charge in [0.05, 0.1) is 11.1 Å². The average Bonchev–Trinajstić information content (AvgIpc) is 2.75. The van der Waals surface area contributed by atoms with Gasteiger partial charge in [0.2, 0.25) is 10.0 Å². The highest BCUT2D eigenvalue weighted by molar-refractivity contribution is 7.89. The second kappa shape index (κ2) is 9.37. The van der Waals surface area contributed by atoms with Crippen LogP contribution in [0.5, 0.6) is 5.75 Å². The third kappa shape index (κ3) is 4.94. The molecule has 1 aliphatic rings. The number of rotatable bonds is 7. The van der Waals surface area contributed by atoms with E-state index in [0.29, 0.717) is 31.7 Å². The molecule has 0 unspecified atom stereocenters. The number of likely N-dealkylation sites (tertiary alicyclic amines) is 1. The van der Waals surface area contributed by atoms with Gasteiger partial charge in [0, 0.05) is 50.8 Å². The average molecular weight is 418 g/mol. The fraction of sp³-hybridized carbons (Fsp3) is 0.429. The van der Waals surface area contributed by atoms with Crippen molar-refractivity contribution in [1.82, 2.24) is 14.2 Å². The lowest BCUT2D eigenvalue weighted by molar-refractivity contribution is 0.0595. The number of ether oxygens (including phenoxy) is 1. The van der Waals surface area contributed by atoms with Gasteiger partial charge >= 0.3 is 0 Å². The number of carbonyl (C=O) groups excluding carboxylic acids is 1. The molecule has 0 N–H and O–H groups in total. The molecule has 2 heterocycles. The maximum Gasteiger partial charge on any atom is 0.253 e. The smallest absolute Gasteiger partial charge is 0.253 e. The van der Waals surface area contributed by atoms with E-state index >= 15 is 0 Å². The van der Waals surface area contributed by atoms with E-state index in [1.807, 2.05) is 12.1 Å². The van der Waals surface area contributed by atoms with E-state index in [2.05, 4.69) is 4.98 Å². The predicted octanol–water partition coefficient (Wildman–Crippen LogP) is 2.80. The summed E-state index contributed by atoms with van der Waals surface area (Å²) in [7, 11) is -3.52. The molecule has 3 rings (SSSR count). The summed E-state index contributed by atoms with van der Waals surface area (Å²) in [5.74, 6) is 0.652. The predicted molar refractivity (Wildman–Crippen MR) is 110 cm³/mol. The summed E-state index contributed by atoms with van der Waals surface area (Å²) >= 11 is 0. The Morgan fingerprint density at radius 3 is 2.34 bits per heavy atom.